The number of aromatic nitrogens is 1. The Kier molecular flexibility index (Phi) is 6.76. The lowest BCUT2D eigenvalue weighted by atomic mass is 10.2. The van der Waals surface area contributed by atoms with Gasteiger partial charge in [-0.15, -0.1) is 11.3 Å². The van der Waals surface area contributed by atoms with Gasteiger partial charge in [-0.3, -0.25) is 0 Å². The van der Waals surface area contributed by atoms with Crippen molar-refractivity contribution in [3.05, 3.63) is 71.7 Å². The highest BCUT2D eigenvalue weighted by Crippen LogP contribution is 2.26. The minimum absolute atomic E-state index is 0.250. The third kappa shape index (κ3) is 5.39. The number of nitrogens with zero attached hydrogens (tertiary/aromatic N) is 2. The highest BCUT2D eigenvalue weighted by Gasteiger charge is 2.11. The lowest BCUT2D eigenvalue weighted by Gasteiger charge is -2.22. The highest BCUT2D eigenvalue weighted by atomic mass is 32.2. The molecule has 1 N–H and O–H groups in total. The van der Waals surface area contributed by atoms with Gasteiger partial charge in [-0.1, -0.05) is 30.3 Å². The first-order valence-electron chi connectivity index (χ1n) is 8.23. The lowest BCUT2D eigenvalue weighted by Crippen LogP contribution is -2.23. The Labute approximate surface area is 159 Å². The number of ether oxygens (including phenoxy) is 1. The molecule has 1 heterocycles. The molecule has 0 bridgehead atoms. The summed E-state index contributed by atoms with van der Waals surface area (Å²) >= 11 is -0.161. The predicted octanol–water partition coefficient (Wildman–Crippen LogP) is 4.12. The molecule has 26 heavy (non-hydrogen) atoms. The molecule has 0 aliphatic carbocycles. The number of anilines is 2. The summed E-state index contributed by atoms with van der Waals surface area (Å²) in [6.45, 7) is 1.21. The fourth-order valence-corrected chi connectivity index (χ4v) is 3.60. The van der Waals surface area contributed by atoms with Crippen molar-refractivity contribution in [3.8, 4) is 5.75 Å². The van der Waals surface area contributed by atoms with Crippen molar-refractivity contribution < 1.29 is 13.5 Å². The van der Waals surface area contributed by atoms with E-state index in [0.29, 0.717) is 19.6 Å². The van der Waals surface area contributed by atoms with E-state index < -0.39 is 11.1 Å². The van der Waals surface area contributed by atoms with E-state index in [4.69, 9.17) is 9.29 Å². The molecule has 2 aromatic carbocycles. The quantitative estimate of drug-likeness (QED) is 0.559. The van der Waals surface area contributed by atoms with Crippen molar-refractivity contribution in [1.82, 2.24) is 4.98 Å². The Morgan fingerprint density at radius 3 is 2.54 bits per heavy atom. The SMILES string of the molecule is O=S(O)CCc1ccc(OCCN(c2ccccc2)c2nccs2)cc1. The van der Waals surface area contributed by atoms with Crippen LogP contribution in [0, 0.1) is 0 Å². The van der Waals surface area contributed by atoms with Gasteiger partial charge in [-0.2, -0.15) is 0 Å². The van der Waals surface area contributed by atoms with Crippen molar-refractivity contribution in [2.45, 2.75) is 6.42 Å². The molecule has 0 radical (unpaired) electrons. The van der Waals surface area contributed by atoms with Crippen LogP contribution in [0.15, 0.2) is 66.2 Å². The molecular weight excluding hydrogens is 368 g/mol. The molecular formula is C19H20N2O3S2. The second-order valence-electron chi connectivity index (χ2n) is 5.57. The normalized spacial score (nSPS) is 11.9. The molecule has 0 spiro atoms. The largest absolute Gasteiger partial charge is 0.492 e. The van der Waals surface area contributed by atoms with E-state index in [0.717, 1.165) is 22.1 Å². The van der Waals surface area contributed by atoms with Crippen LogP contribution in [0.4, 0.5) is 10.8 Å². The first-order chi connectivity index (χ1) is 12.7. The maximum Gasteiger partial charge on any atom is 0.189 e. The number of para-hydroxylation sites is 1. The maximum absolute atomic E-state index is 10.7. The topological polar surface area (TPSA) is 62.7 Å². The van der Waals surface area contributed by atoms with E-state index in [2.05, 4.69) is 22.0 Å². The van der Waals surface area contributed by atoms with Crippen molar-refractivity contribution >= 4 is 33.2 Å². The summed E-state index contributed by atoms with van der Waals surface area (Å²) < 4.78 is 25.4. The molecule has 0 aliphatic rings. The summed E-state index contributed by atoms with van der Waals surface area (Å²) in [5.41, 5.74) is 2.10. The van der Waals surface area contributed by atoms with Gasteiger partial charge in [0.05, 0.1) is 12.3 Å². The standard InChI is InChI=1S/C19H20N2O3S2/c22-26(23)15-10-16-6-8-18(9-7-16)24-13-12-21(19-20-11-14-25-19)17-4-2-1-3-5-17/h1-9,11,14H,10,12-13,15H2,(H,22,23). The van der Waals surface area contributed by atoms with Gasteiger partial charge in [0, 0.05) is 17.3 Å². The Bertz CT molecular complexity index is 809. The summed E-state index contributed by atoms with van der Waals surface area (Å²) in [6, 6.07) is 17.8. The van der Waals surface area contributed by atoms with Crippen molar-refractivity contribution in [3.63, 3.8) is 0 Å². The molecule has 0 amide bonds. The molecule has 0 fully saturated rings. The van der Waals surface area contributed by atoms with Crippen LogP contribution in [0.25, 0.3) is 0 Å². The summed E-state index contributed by atoms with van der Waals surface area (Å²) in [5.74, 6) is 1.03. The Morgan fingerprint density at radius 1 is 1.12 bits per heavy atom. The van der Waals surface area contributed by atoms with Crippen LogP contribution in [0.3, 0.4) is 0 Å². The molecule has 136 valence electrons. The second-order valence-corrected chi connectivity index (χ2v) is 7.49. The zero-order chi connectivity index (χ0) is 18.2. The van der Waals surface area contributed by atoms with Gasteiger partial charge >= 0.3 is 0 Å². The molecule has 0 saturated heterocycles. The van der Waals surface area contributed by atoms with E-state index in [-0.39, 0.29) is 5.75 Å². The highest BCUT2D eigenvalue weighted by molar-refractivity contribution is 7.79. The van der Waals surface area contributed by atoms with Gasteiger partial charge in [-0.25, -0.2) is 9.19 Å². The zero-order valence-electron chi connectivity index (χ0n) is 14.2. The van der Waals surface area contributed by atoms with Gasteiger partial charge in [0.2, 0.25) is 0 Å². The second kappa shape index (κ2) is 9.47. The fourth-order valence-electron chi connectivity index (χ4n) is 2.50. The minimum atomic E-state index is -1.76. The monoisotopic (exact) mass is 388 g/mol. The molecule has 3 rings (SSSR count). The van der Waals surface area contributed by atoms with E-state index in [1.807, 2.05) is 47.8 Å². The Morgan fingerprint density at radius 2 is 1.88 bits per heavy atom. The molecule has 0 aliphatic heterocycles. The van der Waals surface area contributed by atoms with Gasteiger partial charge in [0.25, 0.3) is 0 Å². The summed E-state index contributed by atoms with van der Waals surface area (Å²) in [5, 5.41) is 2.90. The minimum Gasteiger partial charge on any atom is -0.492 e. The molecule has 1 aromatic heterocycles. The Hall–Kier alpha value is -2.22. The molecule has 7 heteroatoms. The van der Waals surface area contributed by atoms with Crippen molar-refractivity contribution in [1.29, 1.82) is 0 Å². The summed E-state index contributed by atoms with van der Waals surface area (Å²) in [6.07, 6.45) is 2.38. The molecule has 1 atom stereocenters. The zero-order valence-corrected chi connectivity index (χ0v) is 15.8. The van der Waals surface area contributed by atoms with E-state index in [1.54, 1.807) is 17.5 Å². The van der Waals surface area contributed by atoms with Crippen LogP contribution in [0.5, 0.6) is 5.75 Å². The smallest absolute Gasteiger partial charge is 0.189 e. The summed E-state index contributed by atoms with van der Waals surface area (Å²) in [4.78, 5) is 6.54. The molecule has 5 nitrogen and oxygen atoms in total. The average molecular weight is 389 g/mol. The first kappa shape index (κ1) is 18.6. The summed E-state index contributed by atoms with van der Waals surface area (Å²) in [7, 11) is 0. The number of hydrogen-bond acceptors (Lipinski definition) is 5. The first-order valence-corrected chi connectivity index (χ1v) is 10.4. The maximum atomic E-state index is 10.7. The van der Waals surface area contributed by atoms with E-state index >= 15 is 0 Å². The fraction of sp³-hybridized carbons (Fsp3) is 0.211. The lowest BCUT2D eigenvalue weighted by molar-refractivity contribution is 0.327. The van der Waals surface area contributed by atoms with Gasteiger partial charge in [-0.05, 0) is 36.2 Å². The third-order valence-corrected chi connectivity index (χ3v) is 5.14. The van der Waals surface area contributed by atoms with E-state index in [1.165, 1.54) is 0 Å². The van der Waals surface area contributed by atoms with Crippen molar-refractivity contribution in [2.75, 3.05) is 23.8 Å². The third-order valence-electron chi connectivity index (χ3n) is 3.79. The van der Waals surface area contributed by atoms with Gasteiger partial charge in [0.15, 0.2) is 16.2 Å². The van der Waals surface area contributed by atoms with Crippen LogP contribution in [-0.2, 0) is 17.5 Å². The molecule has 0 saturated carbocycles. The number of aryl methyl sites for hydroxylation is 1. The predicted molar refractivity (Wildman–Crippen MR) is 107 cm³/mol. The average Bonchev–Trinajstić information content (AvgIpc) is 3.19. The molecule has 3 aromatic rings. The van der Waals surface area contributed by atoms with Crippen LogP contribution >= 0.6 is 11.3 Å². The van der Waals surface area contributed by atoms with Gasteiger partial charge in [0.1, 0.15) is 12.4 Å². The van der Waals surface area contributed by atoms with Crippen molar-refractivity contribution in [2.24, 2.45) is 0 Å². The Balaban J connectivity index is 1.57. The number of hydrogen-bond donors (Lipinski definition) is 1. The number of rotatable bonds is 9. The van der Waals surface area contributed by atoms with Crippen LogP contribution in [0.1, 0.15) is 5.56 Å². The van der Waals surface area contributed by atoms with Crippen LogP contribution in [0.2, 0.25) is 0 Å². The number of benzene rings is 2. The van der Waals surface area contributed by atoms with E-state index in [9.17, 15) is 4.21 Å². The molecule has 1 unspecified atom stereocenters. The van der Waals surface area contributed by atoms with Crippen LogP contribution < -0.4 is 9.64 Å². The number of thiazole rings is 1. The van der Waals surface area contributed by atoms with Crippen LogP contribution in [-0.4, -0.2) is 32.7 Å². The van der Waals surface area contributed by atoms with Gasteiger partial charge < -0.3 is 14.2 Å².